The van der Waals surface area contributed by atoms with Crippen LogP contribution in [0.5, 0.6) is 0 Å². The Hall–Kier alpha value is -1.65. The van der Waals surface area contributed by atoms with Crippen LogP contribution < -0.4 is 5.32 Å². The van der Waals surface area contributed by atoms with Gasteiger partial charge in [-0.25, -0.2) is 4.98 Å². The summed E-state index contributed by atoms with van der Waals surface area (Å²) in [5.41, 5.74) is 0.853. The number of carbonyl (C=O) groups is 1. The van der Waals surface area contributed by atoms with Crippen molar-refractivity contribution >= 4 is 49.8 Å². The van der Waals surface area contributed by atoms with Crippen molar-refractivity contribution < 1.29 is 4.79 Å². The highest BCUT2D eigenvalue weighted by Gasteiger charge is 2.16. The van der Waals surface area contributed by atoms with Crippen LogP contribution >= 0.6 is 22.9 Å². The van der Waals surface area contributed by atoms with E-state index in [1.807, 2.05) is 44.2 Å². The van der Waals surface area contributed by atoms with Gasteiger partial charge in [-0.2, -0.15) is 0 Å². The number of halogens is 1. The smallest absolute Gasteiger partial charge is 0.261 e. The van der Waals surface area contributed by atoms with Gasteiger partial charge >= 0.3 is 0 Å². The number of para-hydroxylation sites is 1. The Labute approximate surface area is 131 Å². The van der Waals surface area contributed by atoms with Gasteiger partial charge in [-0.15, -0.1) is 11.3 Å². The summed E-state index contributed by atoms with van der Waals surface area (Å²) in [5, 5.41) is 5.30. The average Bonchev–Trinajstić information content (AvgIpc) is 2.93. The van der Waals surface area contributed by atoms with Gasteiger partial charge in [-0.3, -0.25) is 4.79 Å². The number of carbonyl (C=O) groups excluding carboxylic acids is 1. The van der Waals surface area contributed by atoms with Gasteiger partial charge in [0.05, 0.1) is 10.4 Å². The Morgan fingerprint density at radius 1 is 1.38 bits per heavy atom. The maximum Gasteiger partial charge on any atom is 0.261 e. The highest BCUT2D eigenvalue weighted by molar-refractivity contribution is 7.21. The first-order chi connectivity index (χ1) is 10.1. The molecule has 0 aliphatic rings. The summed E-state index contributed by atoms with van der Waals surface area (Å²) < 4.78 is 1.01. The van der Waals surface area contributed by atoms with Crippen LogP contribution in [0.1, 0.15) is 29.9 Å². The predicted octanol–water partition coefficient (Wildman–Crippen LogP) is 4.63. The van der Waals surface area contributed by atoms with Crippen molar-refractivity contribution in [3.05, 3.63) is 40.4 Å². The summed E-state index contributed by atoms with van der Waals surface area (Å²) in [6.07, 6.45) is 0.905. The normalized spacial score (nSPS) is 12.7. The molecule has 0 saturated carbocycles. The van der Waals surface area contributed by atoms with E-state index in [1.165, 1.54) is 11.3 Å². The zero-order chi connectivity index (χ0) is 15.0. The Morgan fingerprint density at radius 2 is 2.14 bits per heavy atom. The standard InChI is InChI=1S/C16H15ClN2OS/c1-3-9(2)18-16(20)13-8-11-14(21-13)10-6-4-5-7-12(10)19-15(11)17/h4-9H,3H2,1-2H3,(H,18,20)/t9-/m0/s1. The molecule has 1 atom stereocenters. The van der Waals surface area contributed by atoms with Crippen LogP contribution in [0.25, 0.3) is 21.0 Å². The molecule has 3 rings (SSSR count). The number of nitrogens with one attached hydrogen (secondary N) is 1. The van der Waals surface area contributed by atoms with Gasteiger partial charge in [-0.05, 0) is 25.5 Å². The van der Waals surface area contributed by atoms with Crippen molar-refractivity contribution in [1.82, 2.24) is 10.3 Å². The summed E-state index contributed by atoms with van der Waals surface area (Å²) in [6.45, 7) is 4.04. The lowest BCUT2D eigenvalue weighted by Crippen LogP contribution is -2.31. The van der Waals surface area contributed by atoms with Crippen molar-refractivity contribution in [2.45, 2.75) is 26.3 Å². The van der Waals surface area contributed by atoms with E-state index in [9.17, 15) is 4.79 Å². The molecule has 2 heterocycles. The van der Waals surface area contributed by atoms with E-state index in [1.54, 1.807) is 0 Å². The number of nitrogens with zero attached hydrogens (tertiary/aromatic N) is 1. The van der Waals surface area contributed by atoms with Gasteiger partial charge in [0.1, 0.15) is 5.15 Å². The predicted molar refractivity (Wildman–Crippen MR) is 89.4 cm³/mol. The summed E-state index contributed by atoms with van der Waals surface area (Å²) >= 11 is 7.72. The van der Waals surface area contributed by atoms with Crippen molar-refractivity contribution in [2.24, 2.45) is 0 Å². The zero-order valence-electron chi connectivity index (χ0n) is 11.8. The fourth-order valence-corrected chi connectivity index (χ4v) is 3.57. The molecule has 1 aromatic carbocycles. The van der Waals surface area contributed by atoms with Crippen molar-refractivity contribution in [1.29, 1.82) is 0 Å². The SMILES string of the molecule is CC[C@H](C)NC(=O)c1cc2c(Cl)nc3ccccc3c2s1. The molecule has 1 amide bonds. The summed E-state index contributed by atoms with van der Waals surface area (Å²) in [7, 11) is 0. The number of fused-ring (bicyclic) bond motifs is 3. The van der Waals surface area contributed by atoms with Crippen LogP contribution in [0.4, 0.5) is 0 Å². The van der Waals surface area contributed by atoms with Crippen molar-refractivity contribution in [2.75, 3.05) is 0 Å². The van der Waals surface area contributed by atoms with Crippen LogP contribution in [-0.4, -0.2) is 16.9 Å². The average molecular weight is 319 g/mol. The first kappa shape index (κ1) is 14.3. The molecule has 3 aromatic rings. The molecule has 0 fully saturated rings. The van der Waals surface area contributed by atoms with Crippen LogP contribution in [0.15, 0.2) is 30.3 Å². The molecule has 0 aliphatic heterocycles. The minimum Gasteiger partial charge on any atom is -0.349 e. The molecule has 0 bridgehead atoms. The van der Waals surface area contributed by atoms with Gasteiger partial charge < -0.3 is 5.32 Å². The molecule has 1 N–H and O–H groups in total. The number of amides is 1. The monoisotopic (exact) mass is 318 g/mol. The number of benzene rings is 1. The van der Waals surface area contributed by atoms with Gasteiger partial charge in [0.15, 0.2) is 0 Å². The maximum absolute atomic E-state index is 12.3. The lowest BCUT2D eigenvalue weighted by atomic mass is 10.2. The Kier molecular flexibility index (Phi) is 3.83. The van der Waals surface area contributed by atoms with E-state index in [4.69, 9.17) is 11.6 Å². The summed E-state index contributed by atoms with van der Waals surface area (Å²) in [5.74, 6) is -0.0503. The van der Waals surface area contributed by atoms with E-state index < -0.39 is 0 Å². The van der Waals surface area contributed by atoms with Gasteiger partial charge in [-0.1, -0.05) is 36.7 Å². The second-order valence-corrected chi connectivity index (χ2v) is 6.47. The first-order valence-corrected chi connectivity index (χ1v) is 8.08. The van der Waals surface area contributed by atoms with E-state index in [2.05, 4.69) is 10.3 Å². The van der Waals surface area contributed by atoms with Crippen molar-refractivity contribution in [3.8, 4) is 0 Å². The molecule has 3 nitrogen and oxygen atoms in total. The molecule has 5 heteroatoms. The summed E-state index contributed by atoms with van der Waals surface area (Å²) in [4.78, 5) is 17.3. The maximum atomic E-state index is 12.3. The fourth-order valence-electron chi connectivity index (χ4n) is 2.18. The quantitative estimate of drug-likeness (QED) is 0.715. The van der Waals surface area contributed by atoms with E-state index in [0.29, 0.717) is 10.0 Å². The van der Waals surface area contributed by atoms with Crippen LogP contribution in [-0.2, 0) is 0 Å². The Morgan fingerprint density at radius 3 is 2.90 bits per heavy atom. The summed E-state index contributed by atoms with van der Waals surface area (Å²) in [6, 6.07) is 9.83. The second-order valence-electron chi connectivity index (χ2n) is 5.06. The van der Waals surface area contributed by atoms with E-state index >= 15 is 0 Å². The van der Waals surface area contributed by atoms with Crippen LogP contribution in [0, 0.1) is 0 Å². The molecule has 0 unspecified atom stereocenters. The minimum atomic E-state index is -0.0503. The number of rotatable bonds is 3. The molecule has 0 spiro atoms. The highest BCUT2D eigenvalue weighted by Crippen LogP contribution is 2.35. The number of aromatic nitrogens is 1. The molecule has 0 radical (unpaired) electrons. The molecular weight excluding hydrogens is 304 g/mol. The lowest BCUT2D eigenvalue weighted by Gasteiger charge is -2.09. The Balaban J connectivity index is 2.13. The molecule has 0 aliphatic carbocycles. The lowest BCUT2D eigenvalue weighted by molar-refractivity contribution is 0.0943. The molecule has 0 saturated heterocycles. The third-order valence-corrected chi connectivity index (χ3v) is 4.99. The number of pyridine rings is 1. The van der Waals surface area contributed by atoms with Gasteiger partial charge in [0.2, 0.25) is 0 Å². The number of thiophene rings is 1. The Bertz CT molecular complexity index is 828. The third-order valence-electron chi connectivity index (χ3n) is 3.54. The number of hydrogen-bond acceptors (Lipinski definition) is 3. The third kappa shape index (κ3) is 2.61. The van der Waals surface area contributed by atoms with Crippen LogP contribution in [0.2, 0.25) is 5.15 Å². The highest BCUT2D eigenvalue weighted by atomic mass is 35.5. The minimum absolute atomic E-state index is 0.0503. The largest absolute Gasteiger partial charge is 0.349 e. The van der Waals surface area contributed by atoms with E-state index in [0.717, 1.165) is 27.4 Å². The molecule has 21 heavy (non-hydrogen) atoms. The molecule has 108 valence electrons. The first-order valence-electron chi connectivity index (χ1n) is 6.88. The molecular formula is C16H15ClN2OS. The number of hydrogen-bond donors (Lipinski definition) is 1. The zero-order valence-corrected chi connectivity index (χ0v) is 13.4. The molecule has 2 aromatic heterocycles. The van der Waals surface area contributed by atoms with Gasteiger partial charge in [0, 0.05) is 21.5 Å². The van der Waals surface area contributed by atoms with Gasteiger partial charge in [0.25, 0.3) is 5.91 Å². The van der Waals surface area contributed by atoms with Crippen molar-refractivity contribution in [3.63, 3.8) is 0 Å². The fraction of sp³-hybridized carbons (Fsp3) is 0.250. The van der Waals surface area contributed by atoms with E-state index in [-0.39, 0.29) is 11.9 Å². The second kappa shape index (κ2) is 5.62. The topological polar surface area (TPSA) is 42.0 Å². The van der Waals surface area contributed by atoms with Crippen LogP contribution in [0.3, 0.4) is 0 Å².